The average molecular weight is 1300 g/mol. The van der Waals surface area contributed by atoms with Gasteiger partial charge in [-0.15, -0.1) is 0 Å². The quantitative estimate of drug-likeness (QED) is 0.106. The summed E-state index contributed by atoms with van der Waals surface area (Å²) in [7, 11) is 0. The minimum atomic E-state index is -0.312. The van der Waals surface area contributed by atoms with E-state index in [-0.39, 0.29) is 54.8 Å². The van der Waals surface area contributed by atoms with Crippen molar-refractivity contribution >= 4 is 66.8 Å². The second-order valence-corrected chi connectivity index (χ2v) is 36.1. The van der Waals surface area contributed by atoms with Crippen LogP contribution in [0.5, 0.6) is 23.0 Å². The third kappa shape index (κ3) is 13.8. The summed E-state index contributed by atoms with van der Waals surface area (Å²) in [5.41, 5.74) is 17.5. The van der Waals surface area contributed by atoms with Gasteiger partial charge >= 0.3 is 0 Å². The highest BCUT2D eigenvalue weighted by molar-refractivity contribution is 6.31. The van der Waals surface area contributed by atoms with Crippen LogP contribution in [0.2, 0.25) is 10.0 Å². The number of phenolic OH excluding ortho intramolecular Hbond substituents is 2. The maximum absolute atomic E-state index is 13.3. The van der Waals surface area contributed by atoms with E-state index < -0.39 is 0 Å². The summed E-state index contributed by atoms with van der Waals surface area (Å²) in [6.07, 6.45) is 2.30. The average Bonchev–Trinajstić information content (AvgIpc) is 1.54. The minimum Gasteiger partial charge on any atom is -0.505 e. The van der Waals surface area contributed by atoms with Crippen LogP contribution in [0.25, 0.3) is 77.2 Å². The highest BCUT2D eigenvalue weighted by Crippen LogP contribution is 2.52. The lowest BCUT2D eigenvalue weighted by molar-refractivity contribution is 0.247. The fraction of sp³-hybridized carbons (Fsp3) is 0.442. The fourth-order valence-corrected chi connectivity index (χ4v) is 15.9. The first-order chi connectivity index (χ1) is 43.3. The Kier molecular flexibility index (Phi) is 18.1. The standard InChI is InChI=1S/C86H106Cl2N2O4/c1-50-37-58(87)46-64(62-42-56(85(22,23)48-79(4,5)6)44-72(75(62)91)89-68-31-27-53(81(10,11)12)39-60(68)61-40-54(82(13,14)15)28-32-69(61)89)77(50)93-35-26-36-94-78-51(2)38-59(88)47-65(78)63-43-57(86(24,25)49-80(7,8)9)45-73(76(63)92)90-70-33-29-55(83(16,17)18)41-66(70)74-52(3)67(84(19,20)21)30-34-71(74)90/h27-34,37-47,91-92H,26,35-36,48-49H2,1-25H3. The Balaban J connectivity index is 1.07. The molecule has 2 heterocycles. The predicted molar refractivity (Wildman–Crippen MR) is 405 cm³/mol. The van der Waals surface area contributed by atoms with E-state index in [9.17, 15) is 10.2 Å². The Morgan fingerprint density at radius 1 is 0.372 bits per heavy atom. The first-order valence-electron chi connectivity index (χ1n) is 34.1. The summed E-state index contributed by atoms with van der Waals surface area (Å²) in [6.45, 7) is 57.1. The number of hydrogen-bond donors (Lipinski definition) is 2. The summed E-state index contributed by atoms with van der Waals surface area (Å²) in [6, 6.07) is 41.5. The molecule has 8 aromatic carbocycles. The Morgan fingerprint density at radius 3 is 1.09 bits per heavy atom. The number of rotatable bonds is 14. The zero-order valence-corrected chi connectivity index (χ0v) is 62.9. The van der Waals surface area contributed by atoms with Gasteiger partial charge in [-0.25, -0.2) is 0 Å². The maximum Gasteiger partial charge on any atom is 0.147 e. The molecule has 0 amide bonds. The SMILES string of the molecule is Cc1cc(Cl)cc(-c2cc(C(C)(C)CC(C)(C)C)cc(-n3c4ccc(C(C)(C)C)cc4c4cc(C(C)(C)C)ccc43)c2O)c1OCCCOc1c(C)cc(Cl)cc1-c1cc(C(C)(C)CC(C)(C)C)cc(-n2c3ccc(C(C)(C)C)cc3c3c(C)c(C(C)(C)C)ccc32)c1O. The molecule has 8 heteroatoms. The number of halogens is 2. The van der Waals surface area contributed by atoms with E-state index in [2.05, 4.69) is 259 Å². The number of aromatic hydroxyl groups is 2. The molecular formula is C86H106Cl2N2O4. The molecule has 0 aliphatic heterocycles. The molecule has 0 saturated carbocycles. The number of fused-ring (bicyclic) bond motifs is 6. The van der Waals surface area contributed by atoms with Gasteiger partial charge in [0.05, 0.1) is 46.7 Å². The second-order valence-electron chi connectivity index (χ2n) is 35.3. The summed E-state index contributed by atoms with van der Waals surface area (Å²) < 4.78 is 18.5. The largest absolute Gasteiger partial charge is 0.505 e. The van der Waals surface area contributed by atoms with Crippen LogP contribution < -0.4 is 9.47 Å². The lowest BCUT2D eigenvalue weighted by Crippen LogP contribution is -2.25. The Hall–Kier alpha value is -6.86. The molecule has 0 aliphatic carbocycles. The van der Waals surface area contributed by atoms with Crippen LogP contribution in [0, 0.1) is 31.6 Å². The Labute approximate surface area is 573 Å². The number of hydrogen-bond acceptors (Lipinski definition) is 4. The van der Waals surface area contributed by atoms with Crippen LogP contribution in [0.15, 0.2) is 115 Å². The number of phenols is 2. The normalized spacial score (nSPS) is 13.4. The van der Waals surface area contributed by atoms with Gasteiger partial charge in [0.25, 0.3) is 0 Å². The molecule has 0 spiro atoms. The third-order valence-corrected chi connectivity index (χ3v) is 19.8. The van der Waals surface area contributed by atoms with Crippen molar-refractivity contribution in [2.24, 2.45) is 10.8 Å². The van der Waals surface area contributed by atoms with E-state index in [0.717, 1.165) is 73.3 Å². The van der Waals surface area contributed by atoms with Gasteiger partial charge in [-0.3, -0.25) is 0 Å². The molecule has 2 aromatic heterocycles. The molecule has 0 fully saturated rings. The lowest BCUT2D eigenvalue weighted by atomic mass is 9.71. The molecule has 0 atom stereocenters. The van der Waals surface area contributed by atoms with Crippen LogP contribution in [0.4, 0.5) is 0 Å². The van der Waals surface area contributed by atoms with Gasteiger partial charge in [0.1, 0.15) is 23.0 Å². The zero-order valence-electron chi connectivity index (χ0n) is 61.4. The van der Waals surface area contributed by atoms with Crippen molar-refractivity contribution in [3.63, 3.8) is 0 Å². The molecule has 0 aliphatic rings. The van der Waals surface area contributed by atoms with Gasteiger partial charge in [-0.2, -0.15) is 0 Å². The minimum absolute atomic E-state index is 0.00448. The van der Waals surface area contributed by atoms with Crippen molar-refractivity contribution in [3.05, 3.63) is 175 Å². The van der Waals surface area contributed by atoms with Gasteiger partial charge in [0, 0.05) is 60.3 Å². The molecule has 0 saturated heterocycles. The molecule has 10 aromatic rings. The van der Waals surface area contributed by atoms with Gasteiger partial charge in [0.15, 0.2) is 0 Å². The molecule has 94 heavy (non-hydrogen) atoms. The number of benzene rings is 8. The third-order valence-electron chi connectivity index (χ3n) is 19.4. The van der Waals surface area contributed by atoms with E-state index >= 15 is 0 Å². The van der Waals surface area contributed by atoms with Crippen molar-refractivity contribution < 1.29 is 19.7 Å². The van der Waals surface area contributed by atoms with Crippen LogP contribution in [-0.4, -0.2) is 32.6 Å². The summed E-state index contributed by atoms with van der Waals surface area (Å²) in [5, 5.41) is 32.3. The summed E-state index contributed by atoms with van der Waals surface area (Å²) in [5.74, 6) is 1.57. The highest BCUT2D eigenvalue weighted by atomic mass is 35.5. The number of ether oxygens (including phenoxy) is 2. The van der Waals surface area contributed by atoms with Crippen LogP contribution in [0.1, 0.15) is 222 Å². The number of nitrogens with zero attached hydrogens (tertiary/aromatic N) is 2. The molecule has 2 N–H and O–H groups in total. The number of aryl methyl sites for hydroxylation is 3. The van der Waals surface area contributed by atoms with Crippen LogP contribution >= 0.6 is 23.2 Å². The number of aromatic nitrogens is 2. The fourth-order valence-electron chi connectivity index (χ4n) is 15.3. The van der Waals surface area contributed by atoms with Gasteiger partial charge in [-0.1, -0.05) is 200 Å². The maximum atomic E-state index is 13.3. The second kappa shape index (κ2) is 24.3. The zero-order chi connectivity index (χ0) is 69.3. The highest BCUT2D eigenvalue weighted by Gasteiger charge is 2.35. The van der Waals surface area contributed by atoms with Crippen molar-refractivity contribution in [1.82, 2.24) is 9.13 Å². The molecule has 0 unspecified atom stereocenters. The van der Waals surface area contributed by atoms with Crippen LogP contribution in [0.3, 0.4) is 0 Å². The summed E-state index contributed by atoms with van der Waals surface area (Å²) >= 11 is 14.2. The van der Waals surface area contributed by atoms with Crippen molar-refractivity contribution in [2.75, 3.05) is 13.2 Å². The molecule has 498 valence electrons. The Morgan fingerprint density at radius 2 is 0.723 bits per heavy atom. The topological polar surface area (TPSA) is 68.8 Å². The van der Waals surface area contributed by atoms with E-state index in [4.69, 9.17) is 32.7 Å². The lowest BCUT2D eigenvalue weighted by Gasteiger charge is -2.34. The molecule has 0 bridgehead atoms. The van der Waals surface area contributed by atoms with Crippen molar-refractivity contribution in [1.29, 1.82) is 0 Å². The first kappa shape index (κ1) is 70.0. The smallest absolute Gasteiger partial charge is 0.147 e. The van der Waals surface area contributed by atoms with Crippen molar-refractivity contribution in [3.8, 4) is 56.6 Å². The van der Waals surface area contributed by atoms with E-state index in [1.54, 1.807) is 0 Å². The first-order valence-corrected chi connectivity index (χ1v) is 34.8. The van der Waals surface area contributed by atoms with Gasteiger partial charge in [0.2, 0.25) is 0 Å². The molecule has 10 rings (SSSR count). The van der Waals surface area contributed by atoms with E-state index in [0.29, 0.717) is 74.8 Å². The van der Waals surface area contributed by atoms with Crippen LogP contribution in [-0.2, 0) is 32.5 Å². The van der Waals surface area contributed by atoms with E-state index in [1.807, 2.05) is 38.1 Å². The Bertz CT molecular complexity index is 4530. The van der Waals surface area contributed by atoms with Gasteiger partial charge in [-0.05, 0) is 218 Å². The van der Waals surface area contributed by atoms with Gasteiger partial charge < -0.3 is 28.8 Å². The predicted octanol–water partition coefficient (Wildman–Crippen LogP) is 25.3. The van der Waals surface area contributed by atoms with Crippen molar-refractivity contribution in [2.45, 2.75) is 225 Å². The monoisotopic (exact) mass is 1300 g/mol. The van der Waals surface area contributed by atoms with E-state index in [1.165, 1.54) is 33.2 Å². The molecule has 0 radical (unpaired) electrons. The molecule has 6 nitrogen and oxygen atoms in total. The molecular weight excluding hydrogens is 1200 g/mol. The summed E-state index contributed by atoms with van der Waals surface area (Å²) in [4.78, 5) is 0.